The van der Waals surface area contributed by atoms with Gasteiger partial charge in [0.2, 0.25) is 0 Å². The van der Waals surface area contributed by atoms with Crippen molar-refractivity contribution in [3.63, 3.8) is 0 Å². The first-order chi connectivity index (χ1) is 10.7. The van der Waals surface area contributed by atoms with Gasteiger partial charge in [0.25, 0.3) is 0 Å². The lowest BCUT2D eigenvalue weighted by Crippen LogP contribution is -2.32. The Morgan fingerprint density at radius 1 is 0.870 bits per heavy atom. The standard InChI is InChI=1S/C16H16O5S2/c1-13(16(17)14-8-4-2-5-9-14)22(18,19)12-23(20,21)15-10-6-3-7-11-15/h2-11,13H,12H2,1H3. The number of Topliss-reactive ketones (excluding diaryl/α,β-unsaturated/α-hetero) is 1. The van der Waals surface area contributed by atoms with Crippen molar-refractivity contribution in [2.45, 2.75) is 17.1 Å². The lowest BCUT2D eigenvalue weighted by molar-refractivity contribution is 0.0991. The Morgan fingerprint density at radius 3 is 1.87 bits per heavy atom. The fourth-order valence-electron chi connectivity index (χ4n) is 2.01. The normalized spacial score (nSPS) is 13.4. The van der Waals surface area contributed by atoms with Gasteiger partial charge in [-0.2, -0.15) is 0 Å². The predicted molar refractivity (Wildman–Crippen MR) is 87.6 cm³/mol. The first-order valence-corrected chi connectivity index (χ1v) is 10.2. The molecular weight excluding hydrogens is 336 g/mol. The second-order valence-corrected chi connectivity index (χ2v) is 9.76. The van der Waals surface area contributed by atoms with Crippen LogP contribution < -0.4 is 0 Å². The molecule has 1 unspecified atom stereocenters. The average molecular weight is 352 g/mol. The van der Waals surface area contributed by atoms with E-state index in [1.54, 1.807) is 24.3 Å². The Bertz CT molecular complexity index is 886. The van der Waals surface area contributed by atoms with Gasteiger partial charge in [-0.1, -0.05) is 48.5 Å². The molecule has 0 saturated carbocycles. The van der Waals surface area contributed by atoms with Gasteiger partial charge in [0, 0.05) is 5.56 Å². The SMILES string of the molecule is CC(C(=O)c1ccccc1)S(=O)(=O)CS(=O)(=O)c1ccccc1. The number of ketones is 1. The fraction of sp³-hybridized carbons (Fsp3) is 0.188. The van der Waals surface area contributed by atoms with Crippen LogP contribution in [0.25, 0.3) is 0 Å². The van der Waals surface area contributed by atoms with Crippen molar-refractivity contribution < 1.29 is 21.6 Å². The van der Waals surface area contributed by atoms with Gasteiger partial charge in [0.1, 0.15) is 5.25 Å². The van der Waals surface area contributed by atoms with E-state index in [1.807, 2.05) is 0 Å². The van der Waals surface area contributed by atoms with Gasteiger partial charge in [0.05, 0.1) is 4.90 Å². The molecule has 1 atom stereocenters. The number of rotatable bonds is 6. The van der Waals surface area contributed by atoms with Gasteiger partial charge in [0.15, 0.2) is 30.5 Å². The molecule has 0 radical (unpaired) electrons. The molecule has 0 heterocycles. The Balaban J connectivity index is 2.27. The zero-order chi connectivity index (χ0) is 17.1. The summed E-state index contributed by atoms with van der Waals surface area (Å²) in [6, 6.07) is 15.3. The highest BCUT2D eigenvalue weighted by Gasteiger charge is 2.33. The van der Waals surface area contributed by atoms with E-state index in [2.05, 4.69) is 0 Å². The molecule has 0 aromatic heterocycles. The van der Waals surface area contributed by atoms with Crippen molar-refractivity contribution in [3.8, 4) is 0 Å². The molecule has 2 aromatic carbocycles. The highest BCUT2D eigenvalue weighted by molar-refractivity contribution is 8.08. The van der Waals surface area contributed by atoms with Crippen LogP contribution in [0, 0.1) is 0 Å². The molecule has 0 N–H and O–H groups in total. The number of carbonyl (C=O) groups is 1. The lowest BCUT2D eigenvalue weighted by atomic mass is 10.1. The largest absolute Gasteiger partial charge is 0.293 e. The monoisotopic (exact) mass is 352 g/mol. The molecule has 0 aliphatic rings. The molecule has 5 nitrogen and oxygen atoms in total. The highest BCUT2D eigenvalue weighted by Crippen LogP contribution is 2.17. The first kappa shape index (κ1) is 17.4. The summed E-state index contributed by atoms with van der Waals surface area (Å²) >= 11 is 0. The van der Waals surface area contributed by atoms with Gasteiger partial charge in [-0.3, -0.25) is 4.79 Å². The van der Waals surface area contributed by atoms with Crippen molar-refractivity contribution in [2.24, 2.45) is 0 Å². The molecule has 2 aromatic rings. The summed E-state index contributed by atoms with van der Waals surface area (Å²) in [6.07, 6.45) is 0. The minimum atomic E-state index is -4.15. The highest BCUT2D eigenvalue weighted by atomic mass is 32.3. The summed E-state index contributed by atoms with van der Waals surface area (Å²) in [6.45, 7) is 1.21. The van der Waals surface area contributed by atoms with Crippen LogP contribution in [-0.2, 0) is 19.7 Å². The molecule has 0 amide bonds. The minimum absolute atomic E-state index is 0.0806. The number of hydrogen-bond acceptors (Lipinski definition) is 5. The van der Waals surface area contributed by atoms with E-state index in [-0.39, 0.29) is 10.5 Å². The van der Waals surface area contributed by atoms with E-state index in [0.29, 0.717) is 0 Å². The molecule has 7 heteroatoms. The van der Waals surface area contributed by atoms with E-state index in [0.717, 1.165) is 0 Å². The number of sulfone groups is 2. The molecule has 0 saturated heterocycles. The third-order valence-electron chi connectivity index (χ3n) is 3.39. The summed E-state index contributed by atoms with van der Waals surface area (Å²) in [4.78, 5) is 12.2. The van der Waals surface area contributed by atoms with Gasteiger partial charge in [-0.15, -0.1) is 0 Å². The van der Waals surface area contributed by atoms with Crippen LogP contribution in [0.4, 0.5) is 0 Å². The maximum Gasteiger partial charge on any atom is 0.192 e. The van der Waals surface area contributed by atoms with Gasteiger partial charge >= 0.3 is 0 Å². The molecule has 0 aliphatic carbocycles. The first-order valence-electron chi connectivity index (χ1n) is 6.83. The lowest BCUT2D eigenvalue weighted by Gasteiger charge is -2.12. The maximum atomic E-state index is 12.3. The van der Waals surface area contributed by atoms with Crippen LogP contribution in [0.3, 0.4) is 0 Å². The molecule has 23 heavy (non-hydrogen) atoms. The summed E-state index contributed by atoms with van der Waals surface area (Å²) in [5, 5.41) is -2.52. The van der Waals surface area contributed by atoms with Crippen LogP contribution in [0.5, 0.6) is 0 Å². The Morgan fingerprint density at radius 2 is 1.35 bits per heavy atom. The molecule has 122 valence electrons. The predicted octanol–water partition coefficient (Wildman–Crippen LogP) is 2.10. The van der Waals surface area contributed by atoms with E-state index < -0.39 is 35.8 Å². The summed E-state index contributed by atoms with van der Waals surface area (Å²) < 4.78 is 49.1. The van der Waals surface area contributed by atoms with Crippen molar-refractivity contribution >= 4 is 25.5 Å². The third kappa shape index (κ3) is 4.05. The summed E-state index contributed by atoms with van der Waals surface area (Å²) in [7, 11) is -8.17. The zero-order valence-electron chi connectivity index (χ0n) is 12.4. The van der Waals surface area contributed by atoms with E-state index in [4.69, 9.17) is 0 Å². The minimum Gasteiger partial charge on any atom is -0.293 e. The molecule has 0 fully saturated rings. The summed E-state index contributed by atoms with van der Waals surface area (Å²) in [5.41, 5.74) is 0.237. The Kier molecular flexibility index (Phi) is 5.01. The second kappa shape index (κ2) is 6.64. The van der Waals surface area contributed by atoms with Crippen LogP contribution in [-0.4, -0.2) is 33.0 Å². The van der Waals surface area contributed by atoms with Gasteiger partial charge in [-0.05, 0) is 19.1 Å². The fourth-order valence-corrected chi connectivity index (χ4v) is 6.14. The van der Waals surface area contributed by atoms with Crippen molar-refractivity contribution in [2.75, 3.05) is 5.08 Å². The quantitative estimate of drug-likeness (QED) is 0.743. The maximum absolute atomic E-state index is 12.3. The number of hydrogen-bond donors (Lipinski definition) is 0. The molecule has 2 rings (SSSR count). The number of benzene rings is 2. The second-order valence-electron chi connectivity index (χ2n) is 5.08. The summed E-state index contributed by atoms with van der Waals surface area (Å²) in [5.74, 6) is -0.617. The van der Waals surface area contributed by atoms with E-state index in [1.165, 1.54) is 43.3 Å². The van der Waals surface area contributed by atoms with Gasteiger partial charge < -0.3 is 0 Å². The van der Waals surface area contributed by atoms with Crippen molar-refractivity contribution in [3.05, 3.63) is 66.2 Å². The molecule has 0 bridgehead atoms. The van der Waals surface area contributed by atoms with Crippen LogP contribution >= 0.6 is 0 Å². The smallest absolute Gasteiger partial charge is 0.192 e. The Labute approximate surface area is 135 Å². The van der Waals surface area contributed by atoms with Crippen LogP contribution in [0.1, 0.15) is 17.3 Å². The van der Waals surface area contributed by atoms with E-state index >= 15 is 0 Å². The number of carbonyl (C=O) groups excluding carboxylic acids is 1. The van der Waals surface area contributed by atoms with Crippen LogP contribution in [0.2, 0.25) is 0 Å². The zero-order valence-corrected chi connectivity index (χ0v) is 14.0. The Hall–Kier alpha value is -1.99. The van der Waals surface area contributed by atoms with Crippen molar-refractivity contribution in [1.82, 2.24) is 0 Å². The van der Waals surface area contributed by atoms with Gasteiger partial charge in [-0.25, -0.2) is 16.8 Å². The van der Waals surface area contributed by atoms with Crippen molar-refractivity contribution in [1.29, 1.82) is 0 Å². The van der Waals surface area contributed by atoms with E-state index in [9.17, 15) is 21.6 Å². The topological polar surface area (TPSA) is 85.3 Å². The molecule has 0 spiro atoms. The molecular formula is C16H16O5S2. The average Bonchev–Trinajstić information content (AvgIpc) is 2.54. The third-order valence-corrected chi connectivity index (χ3v) is 8.23. The molecule has 0 aliphatic heterocycles. The van der Waals surface area contributed by atoms with Crippen LogP contribution in [0.15, 0.2) is 65.6 Å².